The molecule has 0 atom stereocenters. The van der Waals surface area contributed by atoms with Gasteiger partial charge in [0.15, 0.2) is 0 Å². The minimum Gasteiger partial charge on any atom is -0.325 e. The maximum atomic E-state index is 12.8. The van der Waals surface area contributed by atoms with Gasteiger partial charge in [-0.05, 0) is 30.3 Å². The Kier molecular flexibility index (Phi) is 5.49. The molecule has 0 bridgehead atoms. The molecule has 140 valence electrons. The molecule has 0 aliphatic rings. The van der Waals surface area contributed by atoms with E-state index in [1.54, 1.807) is 0 Å². The third-order valence-electron chi connectivity index (χ3n) is 3.20. The largest absolute Gasteiger partial charge is 0.421 e. The molecule has 0 saturated carbocycles. The number of benzene rings is 1. The molecule has 0 spiro atoms. The van der Waals surface area contributed by atoms with E-state index in [1.165, 1.54) is 6.07 Å². The summed E-state index contributed by atoms with van der Waals surface area (Å²) in [4.78, 5) is 23.6. The molecular weight excluding hydrogens is 434 g/mol. The minimum absolute atomic E-state index is 0.217. The molecule has 0 radical (unpaired) electrons. The first-order valence-corrected chi connectivity index (χ1v) is 7.62. The maximum Gasteiger partial charge on any atom is 0.421 e. The van der Waals surface area contributed by atoms with Crippen LogP contribution in [0.1, 0.15) is 11.1 Å². The fourth-order valence-corrected chi connectivity index (χ4v) is 2.52. The Balaban J connectivity index is 2.22. The van der Waals surface area contributed by atoms with Crippen LogP contribution in [0.15, 0.2) is 45.8 Å². The highest BCUT2D eigenvalue weighted by Gasteiger charge is 2.35. The van der Waals surface area contributed by atoms with Gasteiger partial charge < -0.3 is 9.88 Å². The van der Waals surface area contributed by atoms with Crippen molar-refractivity contribution < 1.29 is 31.1 Å². The van der Waals surface area contributed by atoms with Crippen molar-refractivity contribution >= 4 is 27.5 Å². The van der Waals surface area contributed by atoms with E-state index in [1.807, 2.05) is 0 Å². The van der Waals surface area contributed by atoms with Crippen LogP contribution in [-0.4, -0.2) is 10.5 Å². The van der Waals surface area contributed by atoms with Gasteiger partial charge in [-0.1, -0.05) is 15.9 Å². The van der Waals surface area contributed by atoms with E-state index in [0.717, 1.165) is 18.3 Å². The summed E-state index contributed by atoms with van der Waals surface area (Å²) >= 11 is 2.74. The van der Waals surface area contributed by atoms with Gasteiger partial charge in [-0.25, -0.2) is 0 Å². The lowest BCUT2D eigenvalue weighted by Crippen LogP contribution is -2.32. The monoisotopic (exact) mass is 442 g/mol. The summed E-state index contributed by atoms with van der Waals surface area (Å²) in [5, 5.41) is 2.11. The smallest absolute Gasteiger partial charge is 0.325 e. The second-order valence-corrected chi connectivity index (χ2v) is 5.95. The van der Waals surface area contributed by atoms with Crippen LogP contribution in [0.25, 0.3) is 0 Å². The number of rotatable bonds is 3. The number of alkyl halides is 6. The third kappa shape index (κ3) is 4.65. The molecule has 4 nitrogen and oxygen atoms in total. The topological polar surface area (TPSA) is 51.1 Å². The zero-order valence-electron chi connectivity index (χ0n) is 12.6. The van der Waals surface area contributed by atoms with Crippen molar-refractivity contribution in [3.63, 3.8) is 0 Å². The number of anilines is 1. The Labute approximate surface area is 150 Å². The predicted molar refractivity (Wildman–Crippen MR) is 83.5 cm³/mol. The SMILES string of the molecule is O=C(Cn1cccc(C(F)(F)F)c1=O)Nc1ccc(Br)c(C(F)(F)F)c1. The highest BCUT2D eigenvalue weighted by atomic mass is 79.9. The highest BCUT2D eigenvalue weighted by Crippen LogP contribution is 2.36. The number of halogens is 7. The number of carbonyl (C=O) groups is 1. The van der Waals surface area contributed by atoms with Crippen LogP contribution in [0.4, 0.5) is 32.0 Å². The molecule has 1 aromatic heterocycles. The molecule has 0 fully saturated rings. The Morgan fingerprint density at radius 3 is 2.23 bits per heavy atom. The Bertz CT molecular complexity index is 889. The summed E-state index contributed by atoms with van der Waals surface area (Å²) in [7, 11) is 0. The van der Waals surface area contributed by atoms with Gasteiger partial charge in [-0.2, -0.15) is 26.3 Å². The molecule has 26 heavy (non-hydrogen) atoms. The minimum atomic E-state index is -4.89. The molecule has 0 aliphatic heterocycles. The number of nitrogens with one attached hydrogen (secondary N) is 1. The van der Waals surface area contributed by atoms with E-state index in [2.05, 4.69) is 21.2 Å². The van der Waals surface area contributed by atoms with Gasteiger partial charge in [0.05, 0.1) is 5.56 Å². The highest BCUT2D eigenvalue weighted by molar-refractivity contribution is 9.10. The van der Waals surface area contributed by atoms with E-state index in [-0.39, 0.29) is 10.2 Å². The molecule has 2 rings (SSSR count). The van der Waals surface area contributed by atoms with Gasteiger partial charge in [-0.15, -0.1) is 0 Å². The van der Waals surface area contributed by atoms with E-state index in [9.17, 15) is 35.9 Å². The molecule has 2 aromatic rings. The predicted octanol–water partition coefficient (Wildman–Crippen LogP) is 4.29. The van der Waals surface area contributed by atoms with Crippen molar-refractivity contribution in [3.05, 3.63) is 62.5 Å². The van der Waals surface area contributed by atoms with E-state index in [4.69, 9.17) is 0 Å². The summed E-state index contributed by atoms with van der Waals surface area (Å²) in [5.41, 5.74) is -4.13. The fraction of sp³-hybridized carbons (Fsp3) is 0.200. The van der Waals surface area contributed by atoms with Gasteiger partial charge in [-0.3, -0.25) is 9.59 Å². The number of pyridine rings is 1. The second-order valence-electron chi connectivity index (χ2n) is 5.09. The van der Waals surface area contributed by atoms with Crippen LogP contribution in [0.3, 0.4) is 0 Å². The van der Waals surface area contributed by atoms with Crippen LogP contribution in [0.2, 0.25) is 0 Å². The lowest BCUT2D eigenvalue weighted by molar-refractivity contribution is -0.139. The molecule has 1 heterocycles. The molecule has 1 N–H and O–H groups in total. The van der Waals surface area contributed by atoms with Crippen molar-refractivity contribution in [2.45, 2.75) is 18.9 Å². The number of aromatic nitrogens is 1. The maximum absolute atomic E-state index is 12.8. The van der Waals surface area contributed by atoms with Crippen molar-refractivity contribution in [1.82, 2.24) is 4.57 Å². The molecule has 0 saturated heterocycles. The van der Waals surface area contributed by atoms with E-state index < -0.39 is 41.5 Å². The van der Waals surface area contributed by atoms with Gasteiger partial charge in [0.2, 0.25) is 5.91 Å². The van der Waals surface area contributed by atoms with Crippen LogP contribution in [0, 0.1) is 0 Å². The van der Waals surface area contributed by atoms with Gasteiger partial charge in [0.25, 0.3) is 5.56 Å². The summed E-state index contributed by atoms with van der Waals surface area (Å²) in [6.45, 7) is -0.791. The van der Waals surface area contributed by atoms with Gasteiger partial charge >= 0.3 is 12.4 Å². The van der Waals surface area contributed by atoms with Crippen LogP contribution in [0.5, 0.6) is 0 Å². The Hall–Kier alpha value is -2.30. The normalized spacial score (nSPS) is 12.1. The first kappa shape index (κ1) is 20.0. The van der Waals surface area contributed by atoms with Crippen molar-refractivity contribution in [2.75, 3.05) is 5.32 Å². The molecule has 1 amide bonds. The quantitative estimate of drug-likeness (QED) is 0.721. The molecule has 0 aliphatic carbocycles. The number of nitrogens with zero attached hydrogens (tertiary/aromatic N) is 1. The second kappa shape index (κ2) is 7.14. The zero-order chi connectivity index (χ0) is 19.7. The Morgan fingerprint density at radius 2 is 1.65 bits per heavy atom. The standard InChI is InChI=1S/C15H9BrF6N2O2/c16-11-4-3-8(6-10(11)15(20,21)22)23-12(25)7-24-5-1-2-9(13(24)26)14(17,18)19/h1-6H,7H2,(H,23,25). The van der Waals surface area contributed by atoms with Crippen molar-refractivity contribution in [2.24, 2.45) is 0 Å². The lowest BCUT2D eigenvalue weighted by Gasteiger charge is -2.13. The van der Waals surface area contributed by atoms with Crippen LogP contribution in [-0.2, 0) is 23.7 Å². The number of amides is 1. The average molecular weight is 443 g/mol. The Morgan fingerprint density at radius 1 is 1.04 bits per heavy atom. The molecule has 1 aromatic carbocycles. The number of hydrogen-bond acceptors (Lipinski definition) is 2. The zero-order valence-corrected chi connectivity index (χ0v) is 14.2. The summed E-state index contributed by atoms with van der Waals surface area (Å²) < 4.78 is 76.8. The number of hydrogen-bond donors (Lipinski definition) is 1. The van der Waals surface area contributed by atoms with Crippen molar-refractivity contribution in [3.8, 4) is 0 Å². The lowest BCUT2D eigenvalue weighted by atomic mass is 10.2. The van der Waals surface area contributed by atoms with E-state index in [0.29, 0.717) is 16.7 Å². The van der Waals surface area contributed by atoms with Crippen molar-refractivity contribution in [1.29, 1.82) is 0 Å². The van der Waals surface area contributed by atoms with Crippen LogP contribution < -0.4 is 10.9 Å². The van der Waals surface area contributed by atoms with Crippen LogP contribution >= 0.6 is 15.9 Å². The summed E-state index contributed by atoms with van der Waals surface area (Å²) in [5.74, 6) is -0.957. The first-order valence-electron chi connectivity index (χ1n) is 6.83. The third-order valence-corrected chi connectivity index (χ3v) is 3.89. The first-order chi connectivity index (χ1) is 11.9. The van der Waals surface area contributed by atoms with Gasteiger partial charge in [0.1, 0.15) is 12.1 Å². The number of carbonyl (C=O) groups excluding carboxylic acids is 1. The molecule has 11 heteroatoms. The summed E-state index contributed by atoms with van der Waals surface area (Å²) in [6.07, 6.45) is -8.58. The van der Waals surface area contributed by atoms with Gasteiger partial charge in [0, 0.05) is 16.4 Å². The fourth-order valence-electron chi connectivity index (χ4n) is 2.05. The summed E-state index contributed by atoms with van der Waals surface area (Å²) in [6, 6.07) is 4.41. The average Bonchev–Trinajstić information content (AvgIpc) is 2.49. The van der Waals surface area contributed by atoms with E-state index >= 15 is 0 Å². The molecular formula is C15H9BrF6N2O2. The molecule has 0 unspecified atom stereocenters.